The molecule has 0 spiro atoms. The van der Waals surface area contributed by atoms with Gasteiger partial charge in [0.2, 0.25) is 5.82 Å². The van der Waals surface area contributed by atoms with E-state index in [0.29, 0.717) is 11.7 Å². The summed E-state index contributed by atoms with van der Waals surface area (Å²) in [5.41, 5.74) is 4.40. The predicted molar refractivity (Wildman–Crippen MR) is 87.7 cm³/mol. The Bertz CT molecular complexity index is 849. The molecule has 0 bridgehead atoms. The Morgan fingerprint density at radius 1 is 1.22 bits per heavy atom. The van der Waals surface area contributed by atoms with Gasteiger partial charge in [-0.15, -0.1) is 0 Å². The first-order valence-corrected chi connectivity index (χ1v) is 8.42. The van der Waals surface area contributed by atoms with Crippen molar-refractivity contribution < 1.29 is 9.26 Å². The summed E-state index contributed by atoms with van der Waals surface area (Å²) in [6.45, 7) is 6.08. The van der Waals surface area contributed by atoms with Crippen LogP contribution < -0.4 is 4.74 Å². The molecule has 0 saturated heterocycles. The molecular formula is C17H17N3O2S. The van der Waals surface area contributed by atoms with Gasteiger partial charge in [0.25, 0.3) is 5.89 Å². The number of hydrogen-bond acceptors (Lipinski definition) is 6. The minimum Gasteiger partial charge on any atom is -0.480 e. The quantitative estimate of drug-likeness (QED) is 0.706. The molecule has 6 heteroatoms. The normalized spacial score (nSPS) is 16.9. The number of rotatable bonds is 2. The van der Waals surface area contributed by atoms with E-state index < -0.39 is 0 Å². The van der Waals surface area contributed by atoms with Crippen LogP contribution in [-0.4, -0.2) is 14.5 Å². The summed E-state index contributed by atoms with van der Waals surface area (Å²) < 4.78 is 15.9. The summed E-state index contributed by atoms with van der Waals surface area (Å²) in [6.07, 6.45) is 1.62. The van der Waals surface area contributed by atoms with Gasteiger partial charge in [-0.1, -0.05) is 22.9 Å². The molecule has 2 aromatic heterocycles. The molecule has 118 valence electrons. The van der Waals surface area contributed by atoms with Gasteiger partial charge in [0, 0.05) is 4.88 Å². The van der Waals surface area contributed by atoms with Gasteiger partial charge in [0.05, 0.1) is 11.3 Å². The molecule has 0 amide bonds. The SMILES string of the molecule is Cc1ccc2c(c1)CCC(c1nc(-c3c(C)nsc3C)no1)O2. The lowest BCUT2D eigenvalue weighted by Crippen LogP contribution is -2.15. The van der Waals surface area contributed by atoms with E-state index in [1.54, 1.807) is 0 Å². The lowest BCUT2D eigenvalue weighted by atomic mass is 10.0. The highest BCUT2D eigenvalue weighted by Crippen LogP contribution is 2.36. The lowest BCUT2D eigenvalue weighted by molar-refractivity contribution is 0.135. The molecule has 1 unspecified atom stereocenters. The van der Waals surface area contributed by atoms with Crippen molar-refractivity contribution in [1.82, 2.24) is 14.5 Å². The first-order valence-electron chi connectivity index (χ1n) is 7.65. The second kappa shape index (κ2) is 5.45. The number of aromatic nitrogens is 3. The van der Waals surface area contributed by atoms with E-state index in [-0.39, 0.29) is 6.10 Å². The fourth-order valence-electron chi connectivity index (χ4n) is 2.96. The van der Waals surface area contributed by atoms with Crippen LogP contribution >= 0.6 is 11.5 Å². The zero-order chi connectivity index (χ0) is 16.0. The molecule has 0 N–H and O–H groups in total. The van der Waals surface area contributed by atoms with Gasteiger partial charge in [-0.05, 0) is 56.8 Å². The van der Waals surface area contributed by atoms with Crippen LogP contribution in [0, 0.1) is 20.8 Å². The standard InChI is InChI=1S/C17H17N3O2S/c1-9-4-6-13-12(8-9)5-7-14(21-13)17-18-16(19-22-17)15-10(2)20-23-11(15)3/h4,6,8,14H,5,7H2,1-3H3. The van der Waals surface area contributed by atoms with Crippen LogP contribution in [0.15, 0.2) is 22.7 Å². The summed E-state index contributed by atoms with van der Waals surface area (Å²) in [4.78, 5) is 5.65. The van der Waals surface area contributed by atoms with Crippen molar-refractivity contribution in [2.45, 2.75) is 39.7 Å². The molecule has 4 rings (SSSR count). The maximum Gasteiger partial charge on any atom is 0.268 e. The van der Waals surface area contributed by atoms with E-state index in [4.69, 9.17) is 9.26 Å². The Labute approximate surface area is 138 Å². The molecular weight excluding hydrogens is 310 g/mol. The zero-order valence-corrected chi connectivity index (χ0v) is 14.1. The van der Waals surface area contributed by atoms with Crippen molar-refractivity contribution >= 4 is 11.5 Å². The predicted octanol–water partition coefficient (Wildman–Crippen LogP) is 4.18. The molecule has 0 radical (unpaired) electrons. The summed E-state index contributed by atoms with van der Waals surface area (Å²) in [5, 5.41) is 4.13. The minimum absolute atomic E-state index is 0.182. The molecule has 1 atom stereocenters. The summed E-state index contributed by atoms with van der Waals surface area (Å²) >= 11 is 1.46. The number of hydrogen-bond donors (Lipinski definition) is 0. The second-order valence-corrected chi connectivity index (χ2v) is 6.89. The second-order valence-electron chi connectivity index (χ2n) is 5.91. The molecule has 1 aromatic carbocycles. The van der Waals surface area contributed by atoms with Crippen LogP contribution in [0.4, 0.5) is 0 Å². The number of aryl methyl sites for hydroxylation is 4. The lowest BCUT2D eigenvalue weighted by Gasteiger charge is -2.23. The van der Waals surface area contributed by atoms with E-state index >= 15 is 0 Å². The summed E-state index contributed by atoms with van der Waals surface area (Å²) in [5.74, 6) is 2.05. The summed E-state index contributed by atoms with van der Waals surface area (Å²) in [6, 6.07) is 6.25. The highest BCUT2D eigenvalue weighted by molar-refractivity contribution is 7.06. The molecule has 0 fully saturated rings. The van der Waals surface area contributed by atoms with E-state index in [2.05, 4.69) is 33.6 Å². The van der Waals surface area contributed by atoms with Gasteiger partial charge in [0.15, 0.2) is 6.10 Å². The molecule has 0 saturated carbocycles. The molecule has 1 aliphatic rings. The highest BCUT2D eigenvalue weighted by Gasteiger charge is 2.27. The fraction of sp³-hybridized carbons (Fsp3) is 0.353. The van der Waals surface area contributed by atoms with Crippen LogP contribution in [0.25, 0.3) is 11.4 Å². The molecule has 23 heavy (non-hydrogen) atoms. The van der Waals surface area contributed by atoms with Gasteiger partial charge in [0.1, 0.15) is 5.75 Å². The monoisotopic (exact) mass is 327 g/mol. The third-order valence-electron chi connectivity index (χ3n) is 4.14. The van der Waals surface area contributed by atoms with Crippen LogP contribution in [0.3, 0.4) is 0 Å². The Kier molecular flexibility index (Phi) is 3.41. The van der Waals surface area contributed by atoms with Crippen LogP contribution in [0.1, 0.15) is 40.1 Å². The number of nitrogens with zero attached hydrogens (tertiary/aromatic N) is 3. The van der Waals surface area contributed by atoms with E-state index in [1.165, 1.54) is 22.7 Å². The molecule has 1 aliphatic heterocycles. The van der Waals surface area contributed by atoms with Gasteiger partial charge >= 0.3 is 0 Å². The van der Waals surface area contributed by atoms with Crippen molar-refractivity contribution in [3.8, 4) is 17.1 Å². The molecule has 3 aromatic rings. The third kappa shape index (κ3) is 2.53. The molecule has 5 nitrogen and oxygen atoms in total. The maximum absolute atomic E-state index is 6.05. The van der Waals surface area contributed by atoms with Crippen LogP contribution in [0.2, 0.25) is 0 Å². The Balaban J connectivity index is 1.62. The van der Waals surface area contributed by atoms with Crippen molar-refractivity contribution in [3.05, 3.63) is 45.8 Å². The van der Waals surface area contributed by atoms with Crippen molar-refractivity contribution in [1.29, 1.82) is 0 Å². The van der Waals surface area contributed by atoms with Gasteiger partial charge in [-0.3, -0.25) is 0 Å². The number of benzene rings is 1. The first-order chi connectivity index (χ1) is 11.1. The Hall–Kier alpha value is -2.21. The van der Waals surface area contributed by atoms with Crippen LogP contribution in [0.5, 0.6) is 5.75 Å². The summed E-state index contributed by atoms with van der Waals surface area (Å²) in [7, 11) is 0. The molecule has 0 aliphatic carbocycles. The van der Waals surface area contributed by atoms with Crippen molar-refractivity contribution in [3.63, 3.8) is 0 Å². The number of ether oxygens (including phenoxy) is 1. The Morgan fingerprint density at radius 3 is 2.87 bits per heavy atom. The fourth-order valence-corrected chi connectivity index (χ4v) is 3.66. The van der Waals surface area contributed by atoms with Crippen molar-refractivity contribution in [2.75, 3.05) is 0 Å². The average molecular weight is 327 g/mol. The number of fused-ring (bicyclic) bond motifs is 1. The highest BCUT2D eigenvalue weighted by atomic mass is 32.1. The molecule has 3 heterocycles. The smallest absolute Gasteiger partial charge is 0.268 e. The van der Waals surface area contributed by atoms with E-state index in [1.807, 2.05) is 19.9 Å². The minimum atomic E-state index is -0.182. The Morgan fingerprint density at radius 2 is 2.09 bits per heavy atom. The van der Waals surface area contributed by atoms with E-state index in [9.17, 15) is 0 Å². The van der Waals surface area contributed by atoms with E-state index in [0.717, 1.165) is 34.7 Å². The third-order valence-corrected chi connectivity index (χ3v) is 4.98. The average Bonchev–Trinajstić information content (AvgIpc) is 3.13. The largest absolute Gasteiger partial charge is 0.480 e. The van der Waals surface area contributed by atoms with Gasteiger partial charge < -0.3 is 9.26 Å². The van der Waals surface area contributed by atoms with Gasteiger partial charge in [-0.25, -0.2) is 0 Å². The zero-order valence-electron chi connectivity index (χ0n) is 13.3. The van der Waals surface area contributed by atoms with Crippen molar-refractivity contribution in [2.24, 2.45) is 0 Å². The van der Waals surface area contributed by atoms with Crippen LogP contribution in [-0.2, 0) is 6.42 Å². The topological polar surface area (TPSA) is 61.0 Å². The van der Waals surface area contributed by atoms with Gasteiger partial charge in [-0.2, -0.15) is 9.36 Å². The maximum atomic E-state index is 6.05. The first kappa shape index (κ1) is 14.4.